The highest BCUT2D eigenvalue weighted by atomic mass is 16.6. The lowest BCUT2D eigenvalue weighted by Crippen LogP contribution is -2.55. The van der Waals surface area contributed by atoms with Gasteiger partial charge in [-0.25, -0.2) is 0 Å². The third kappa shape index (κ3) is 2.48. The predicted octanol–water partition coefficient (Wildman–Crippen LogP) is 2.79. The van der Waals surface area contributed by atoms with Gasteiger partial charge in [0, 0.05) is 55.2 Å². The number of likely N-dealkylation sites (tertiary alicyclic amines) is 1. The molecule has 2 bridgehead atoms. The molecular formula is C26H34N2O4. The quantitative estimate of drug-likeness (QED) is 0.525. The second-order valence-electron chi connectivity index (χ2n) is 12.0. The van der Waals surface area contributed by atoms with E-state index >= 15 is 0 Å². The van der Waals surface area contributed by atoms with E-state index in [1.807, 2.05) is 10.6 Å². The summed E-state index contributed by atoms with van der Waals surface area (Å²) in [6, 6.07) is 5.67. The minimum atomic E-state index is -0.0835. The van der Waals surface area contributed by atoms with Gasteiger partial charge in [0.1, 0.15) is 11.7 Å². The Morgan fingerprint density at radius 2 is 2.06 bits per heavy atom. The highest BCUT2D eigenvalue weighted by molar-refractivity contribution is 5.76. The Kier molecular flexibility index (Phi) is 4.00. The van der Waals surface area contributed by atoms with Gasteiger partial charge in [-0.15, -0.1) is 0 Å². The third-order valence-corrected chi connectivity index (χ3v) is 10.2. The molecule has 5 fully saturated rings. The molecule has 1 aromatic heterocycles. The van der Waals surface area contributed by atoms with Crippen LogP contribution in [0.5, 0.6) is 0 Å². The van der Waals surface area contributed by atoms with E-state index in [-0.39, 0.29) is 46.6 Å². The standard InChI is InChI=1S/C26H34N2O4/c1-15-5-4-8-25(2)10-20-22(23-26(15,25)32-23)18(24(30)31-20)14-27-11-16-9-17(13-27)19-6-3-7-21(29)28(19)12-16/h3,6-7,15-18,20,22-23H,4-5,8-14H2,1-2H3/t15-,16-,17+,18+,20+,22+,23+,25+,26-/m0/s1. The first-order valence-corrected chi connectivity index (χ1v) is 12.7. The average molecular weight is 439 g/mol. The van der Waals surface area contributed by atoms with Gasteiger partial charge >= 0.3 is 5.97 Å². The minimum Gasteiger partial charge on any atom is -0.462 e. The second-order valence-corrected chi connectivity index (χ2v) is 12.0. The van der Waals surface area contributed by atoms with Gasteiger partial charge in [0.05, 0.1) is 12.0 Å². The van der Waals surface area contributed by atoms with Crippen LogP contribution in [0.2, 0.25) is 0 Å². The van der Waals surface area contributed by atoms with E-state index < -0.39 is 0 Å². The van der Waals surface area contributed by atoms with Gasteiger partial charge < -0.3 is 18.9 Å². The first-order valence-electron chi connectivity index (χ1n) is 12.7. The maximum absolute atomic E-state index is 13.1. The van der Waals surface area contributed by atoms with Crippen LogP contribution in [-0.2, 0) is 20.8 Å². The number of aromatic nitrogens is 1. The van der Waals surface area contributed by atoms with Crippen molar-refractivity contribution >= 4 is 5.97 Å². The van der Waals surface area contributed by atoms with E-state index in [2.05, 4.69) is 24.8 Å². The van der Waals surface area contributed by atoms with Gasteiger partial charge in [-0.2, -0.15) is 0 Å². The maximum Gasteiger partial charge on any atom is 0.311 e. The van der Waals surface area contributed by atoms with E-state index in [1.54, 1.807) is 6.07 Å². The number of epoxide rings is 1. The summed E-state index contributed by atoms with van der Waals surface area (Å²) >= 11 is 0. The number of hydrogen-bond acceptors (Lipinski definition) is 5. The van der Waals surface area contributed by atoms with Gasteiger partial charge in [0.25, 0.3) is 5.56 Å². The van der Waals surface area contributed by atoms with Gasteiger partial charge in [-0.3, -0.25) is 9.59 Å². The Morgan fingerprint density at radius 3 is 2.94 bits per heavy atom. The van der Waals surface area contributed by atoms with Gasteiger partial charge in [-0.05, 0) is 43.6 Å². The van der Waals surface area contributed by atoms with E-state index in [0.29, 0.717) is 17.8 Å². The van der Waals surface area contributed by atoms with Crippen LogP contribution in [0, 0.1) is 29.1 Å². The summed E-state index contributed by atoms with van der Waals surface area (Å²) in [6.45, 7) is 8.19. The summed E-state index contributed by atoms with van der Waals surface area (Å²) in [4.78, 5) is 27.9. The summed E-state index contributed by atoms with van der Waals surface area (Å²) in [5, 5.41) is 0. The van der Waals surface area contributed by atoms with Gasteiger partial charge in [0.15, 0.2) is 0 Å². The largest absolute Gasteiger partial charge is 0.462 e. The lowest BCUT2D eigenvalue weighted by Gasteiger charge is -2.49. The summed E-state index contributed by atoms with van der Waals surface area (Å²) in [5.41, 5.74) is 1.40. The van der Waals surface area contributed by atoms with Crippen LogP contribution in [0.3, 0.4) is 0 Å². The molecule has 5 heterocycles. The van der Waals surface area contributed by atoms with E-state index in [0.717, 1.165) is 39.0 Å². The monoisotopic (exact) mass is 438 g/mol. The van der Waals surface area contributed by atoms with E-state index in [1.165, 1.54) is 25.0 Å². The van der Waals surface area contributed by atoms with E-state index in [9.17, 15) is 9.59 Å². The van der Waals surface area contributed by atoms with Gasteiger partial charge in [0.2, 0.25) is 0 Å². The predicted molar refractivity (Wildman–Crippen MR) is 118 cm³/mol. The first kappa shape index (κ1) is 19.8. The van der Waals surface area contributed by atoms with Crippen molar-refractivity contribution in [3.63, 3.8) is 0 Å². The first-order chi connectivity index (χ1) is 15.4. The zero-order valence-electron chi connectivity index (χ0n) is 19.2. The van der Waals surface area contributed by atoms with Crippen LogP contribution in [0.1, 0.15) is 57.6 Å². The molecule has 3 saturated heterocycles. The molecule has 6 nitrogen and oxygen atoms in total. The molecule has 9 atom stereocenters. The second kappa shape index (κ2) is 6.47. The third-order valence-electron chi connectivity index (χ3n) is 10.2. The Balaban J connectivity index is 1.14. The van der Waals surface area contributed by atoms with Gasteiger partial charge in [-0.1, -0.05) is 26.3 Å². The number of hydrogen-bond donors (Lipinski definition) is 0. The minimum absolute atomic E-state index is 0.00657. The molecule has 2 saturated carbocycles. The zero-order chi connectivity index (χ0) is 21.8. The Bertz CT molecular complexity index is 1040. The van der Waals surface area contributed by atoms with Crippen LogP contribution in [-0.4, -0.2) is 52.9 Å². The smallest absolute Gasteiger partial charge is 0.311 e. The summed E-state index contributed by atoms with van der Waals surface area (Å²) in [6.07, 6.45) is 5.98. The van der Waals surface area contributed by atoms with Crippen molar-refractivity contribution in [2.75, 3.05) is 19.6 Å². The summed E-state index contributed by atoms with van der Waals surface area (Å²) in [7, 11) is 0. The van der Waals surface area contributed by atoms with Crippen LogP contribution < -0.4 is 5.56 Å². The SMILES string of the molecule is C[C@H]1CCC[C@]2(C)C[C@H]3OC(=O)[C@H](CN4C[C@@H]5C[C@H](C4)c4cccc(=O)n4C5)[C@H]3[C@H]3O[C@]312. The maximum atomic E-state index is 13.1. The fourth-order valence-electron chi connectivity index (χ4n) is 8.87. The molecule has 6 aliphatic rings. The molecule has 7 rings (SSSR count). The van der Waals surface area contributed by atoms with Crippen molar-refractivity contribution in [2.45, 2.75) is 76.2 Å². The normalized spacial score (nSPS) is 48.8. The number of rotatable bonds is 2. The molecule has 32 heavy (non-hydrogen) atoms. The van der Waals surface area contributed by atoms with Crippen LogP contribution >= 0.6 is 0 Å². The fourth-order valence-corrected chi connectivity index (χ4v) is 8.87. The lowest BCUT2D eigenvalue weighted by atomic mass is 9.53. The van der Waals surface area contributed by atoms with Crippen molar-refractivity contribution in [1.29, 1.82) is 0 Å². The molecule has 4 aliphatic heterocycles. The average Bonchev–Trinajstić information content (AvgIpc) is 3.43. The number of pyridine rings is 1. The summed E-state index contributed by atoms with van der Waals surface area (Å²) in [5.74, 6) is 1.53. The van der Waals surface area contributed by atoms with Crippen LogP contribution in [0.4, 0.5) is 0 Å². The molecule has 172 valence electrons. The van der Waals surface area contributed by atoms with Crippen LogP contribution in [0.15, 0.2) is 23.0 Å². The van der Waals surface area contributed by atoms with Crippen molar-refractivity contribution in [3.05, 3.63) is 34.2 Å². The van der Waals surface area contributed by atoms with Crippen molar-refractivity contribution < 1.29 is 14.3 Å². The molecule has 1 aromatic rings. The van der Waals surface area contributed by atoms with Crippen molar-refractivity contribution in [1.82, 2.24) is 9.47 Å². The van der Waals surface area contributed by atoms with Crippen molar-refractivity contribution in [2.24, 2.45) is 29.1 Å². The number of carbonyl (C=O) groups excluding carboxylic acids is 1. The topological polar surface area (TPSA) is 64.1 Å². The molecule has 0 aromatic carbocycles. The zero-order valence-corrected chi connectivity index (χ0v) is 19.2. The van der Waals surface area contributed by atoms with Crippen LogP contribution in [0.25, 0.3) is 0 Å². The molecule has 2 aliphatic carbocycles. The number of carbonyl (C=O) groups is 1. The molecule has 6 heteroatoms. The lowest BCUT2D eigenvalue weighted by molar-refractivity contribution is -0.146. The number of esters is 1. The Labute approximate surface area is 189 Å². The fraction of sp³-hybridized carbons (Fsp3) is 0.769. The molecule has 0 radical (unpaired) electrons. The van der Waals surface area contributed by atoms with Crippen molar-refractivity contribution in [3.8, 4) is 0 Å². The Morgan fingerprint density at radius 1 is 1.19 bits per heavy atom. The molecule has 0 unspecified atom stereocenters. The summed E-state index contributed by atoms with van der Waals surface area (Å²) < 4.78 is 14.6. The molecule has 1 spiro atoms. The van der Waals surface area contributed by atoms with E-state index in [4.69, 9.17) is 9.47 Å². The highest BCUT2D eigenvalue weighted by Gasteiger charge is 2.78. The number of fused-ring (bicyclic) bond motifs is 6. The molecular weight excluding hydrogens is 404 g/mol. The number of piperidine rings is 1. The number of nitrogens with zero attached hydrogens (tertiary/aromatic N) is 2. The highest BCUT2D eigenvalue weighted by Crippen LogP contribution is 2.70. The molecule has 0 N–H and O–H groups in total. The number of ether oxygens (including phenoxy) is 2. The molecule has 0 amide bonds. The Hall–Kier alpha value is -1.66.